The van der Waals surface area contributed by atoms with E-state index in [1.165, 1.54) is 11.3 Å². The van der Waals surface area contributed by atoms with Gasteiger partial charge < -0.3 is 5.32 Å². The van der Waals surface area contributed by atoms with E-state index in [0.717, 1.165) is 15.0 Å². The number of hydrogen-bond acceptors (Lipinski definition) is 4. The Labute approximate surface area is 136 Å². The molecule has 2 rings (SSSR count). The summed E-state index contributed by atoms with van der Waals surface area (Å²) in [4.78, 5) is 1.32. The van der Waals surface area contributed by atoms with Crippen molar-refractivity contribution in [3.8, 4) is 0 Å². The van der Waals surface area contributed by atoms with Crippen molar-refractivity contribution in [3.05, 3.63) is 44.2 Å². The Morgan fingerprint density at radius 2 is 2.10 bits per heavy atom. The molecule has 0 radical (unpaired) electrons. The van der Waals surface area contributed by atoms with Crippen LogP contribution in [-0.2, 0) is 16.6 Å². The first-order chi connectivity index (χ1) is 9.51. The van der Waals surface area contributed by atoms with Gasteiger partial charge in [0.25, 0.3) is 10.0 Å². The maximum Gasteiger partial charge on any atom is 0.262 e. The Bertz CT molecular complexity index is 683. The fraction of sp³-hybridized carbons (Fsp3) is 0.231. The van der Waals surface area contributed by atoms with Crippen LogP contribution < -0.4 is 10.0 Å². The highest BCUT2D eigenvalue weighted by atomic mass is 127. The molecule has 0 saturated carbocycles. The van der Waals surface area contributed by atoms with Crippen molar-refractivity contribution in [1.29, 1.82) is 0 Å². The van der Waals surface area contributed by atoms with Crippen LogP contribution in [0.1, 0.15) is 11.8 Å². The minimum absolute atomic E-state index is 0.314. The van der Waals surface area contributed by atoms with E-state index < -0.39 is 10.0 Å². The lowest BCUT2D eigenvalue weighted by Gasteiger charge is -2.06. The van der Waals surface area contributed by atoms with E-state index in [1.54, 1.807) is 23.6 Å². The second kappa shape index (κ2) is 6.88. The first-order valence-electron chi connectivity index (χ1n) is 6.08. The van der Waals surface area contributed by atoms with Crippen LogP contribution >= 0.6 is 33.9 Å². The van der Waals surface area contributed by atoms with Gasteiger partial charge in [-0.1, -0.05) is 13.0 Å². The SMILES string of the molecule is CCNCc1cc(S(=O)(=O)Nc2cccc(I)c2)cs1. The molecule has 108 valence electrons. The maximum atomic E-state index is 12.3. The lowest BCUT2D eigenvalue weighted by atomic mass is 10.3. The van der Waals surface area contributed by atoms with E-state index in [-0.39, 0.29) is 0 Å². The molecule has 2 N–H and O–H groups in total. The van der Waals surface area contributed by atoms with Crippen molar-refractivity contribution in [2.75, 3.05) is 11.3 Å². The van der Waals surface area contributed by atoms with E-state index in [1.807, 2.05) is 19.1 Å². The summed E-state index contributed by atoms with van der Waals surface area (Å²) in [5.74, 6) is 0. The van der Waals surface area contributed by atoms with Gasteiger partial charge in [-0.25, -0.2) is 8.42 Å². The van der Waals surface area contributed by atoms with Crippen LogP contribution in [-0.4, -0.2) is 15.0 Å². The molecule has 7 heteroatoms. The molecule has 2 aromatic rings. The van der Waals surface area contributed by atoms with Crippen molar-refractivity contribution in [3.63, 3.8) is 0 Å². The van der Waals surface area contributed by atoms with Crippen LogP contribution in [0.25, 0.3) is 0 Å². The first kappa shape index (κ1) is 15.7. The minimum atomic E-state index is -3.50. The number of halogens is 1. The van der Waals surface area contributed by atoms with Crippen LogP contribution in [0, 0.1) is 3.57 Å². The minimum Gasteiger partial charge on any atom is -0.312 e. The van der Waals surface area contributed by atoms with Crippen LogP contribution in [0.15, 0.2) is 40.6 Å². The Kier molecular flexibility index (Phi) is 5.42. The summed E-state index contributed by atoms with van der Waals surface area (Å²) >= 11 is 3.60. The number of anilines is 1. The molecule has 0 atom stereocenters. The highest BCUT2D eigenvalue weighted by Gasteiger charge is 2.16. The molecule has 0 amide bonds. The number of sulfonamides is 1. The molecular weight excluding hydrogens is 407 g/mol. The molecule has 0 aliphatic heterocycles. The van der Waals surface area contributed by atoms with Gasteiger partial charge in [0.15, 0.2) is 0 Å². The maximum absolute atomic E-state index is 12.3. The lowest BCUT2D eigenvalue weighted by Crippen LogP contribution is -2.13. The summed E-state index contributed by atoms with van der Waals surface area (Å²) in [6, 6.07) is 8.99. The fourth-order valence-corrected chi connectivity index (χ4v) is 4.45. The zero-order valence-corrected chi connectivity index (χ0v) is 14.7. The van der Waals surface area contributed by atoms with Crippen molar-refractivity contribution in [1.82, 2.24) is 5.32 Å². The van der Waals surface area contributed by atoms with Crippen LogP contribution in [0.3, 0.4) is 0 Å². The average molecular weight is 422 g/mol. The smallest absolute Gasteiger partial charge is 0.262 e. The topological polar surface area (TPSA) is 58.2 Å². The number of nitrogens with one attached hydrogen (secondary N) is 2. The van der Waals surface area contributed by atoms with E-state index >= 15 is 0 Å². The zero-order valence-electron chi connectivity index (χ0n) is 10.9. The average Bonchev–Trinajstić information content (AvgIpc) is 2.85. The van der Waals surface area contributed by atoms with E-state index in [0.29, 0.717) is 17.1 Å². The molecule has 0 bridgehead atoms. The summed E-state index contributed by atoms with van der Waals surface area (Å²) in [6.07, 6.45) is 0. The van der Waals surface area contributed by atoms with Gasteiger partial charge in [-0.2, -0.15) is 0 Å². The number of hydrogen-bond donors (Lipinski definition) is 2. The highest BCUT2D eigenvalue weighted by Crippen LogP contribution is 2.22. The van der Waals surface area contributed by atoms with E-state index in [2.05, 4.69) is 32.6 Å². The summed E-state index contributed by atoms with van der Waals surface area (Å²) < 4.78 is 28.1. The van der Waals surface area contributed by atoms with Gasteiger partial charge in [0.1, 0.15) is 0 Å². The third-order valence-corrected chi connectivity index (χ3v) is 5.68. The molecule has 0 unspecified atom stereocenters. The summed E-state index contributed by atoms with van der Waals surface area (Å²) in [5.41, 5.74) is 0.580. The molecule has 0 aliphatic rings. The molecule has 0 aliphatic carbocycles. The van der Waals surface area contributed by atoms with Crippen molar-refractivity contribution >= 4 is 49.6 Å². The Balaban J connectivity index is 2.16. The fourth-order valence-electron chi connectivity index (χ4n) is 1.61. The van der Waals surface area contributed by atoms with Gasteiger partial charge in [0.05, 0.1) is 4.90 Å². The summed E-state index contributed by atoms with van der Waals surface area (Å²) in [7, 11) is -3.50. The second-order valence-corrected chi connectivity index (χ2v) is 8.07. The van der Waals surface area contributed by atoms with Crippen molar-refractivity contribution < 1.29 is 8.42 Å². The number of thiophene rings is 1. The summed E-state index contributed by atoms with van der Waals surface area (Å²) in [6.45, 7) is 3.57. The molecule has 4 nitrogen and oxygen atoms in total. The molecule has 20 heavy (non-hydrogen) atoms. The Hall–Kier alpha value is -0.640. The standard InChI is InChI=1S/C13H15IN2O2S2/c1-2-15-8-12-7-13(9-19-12)20(17,18)16-11-5-3-4-10(14)6-11/h3-7,9,15-16H,2,8H2,1H3. The van der Waals surface area contributed by atoms with Gasteiger partial charge in [-0.15, -0.1) is 11.3 Å². The molecule has 0 fully saturated rings. The molecule has 0 spiro atoms. The lowest BCUT2D eigenvalue weighted by molar-refractivity contribution is 0.601. The summed E-state index contributed by atoms with van der Waals surface area (Å²) in [5, 5.41) is 4.85. The molecular formula is C13H15IN2O2S2. The highest BCUT2D eigenvalue weighted by molar-refractivity contribution is 14.1. The third kappa shape index (κ3) is 4.18. The number of rotatable bonds is 6. The van der Waals surface area contributed by atoms with Crippen LogP contribution in [0.4, 0.5) is 5.69 Å². The largest absolute Gasteiger partial charge is 0.312 e. The Morgan fingerprint density at radius 1 is 1.30 bits per heavy atom. The molecule has 1 heterocycles. The van der Waals surface area contributed by atoms with Gasteiger partial charge in [-0.05, 0) is 53.4 Å². The van der Waals surface area contributed by atoms with Gasteiger partial charge in [0, 0.05) is 26.1 Å². The normalized spacial score (nSPS) is 11.5. The van der Waals surface area contributed by atoms with Crippen molar-refractivity contribution in [2.24, 2.45) is 0 Å². The van der Waals surface area contributed by atoms with Crippen LogP contribution in [0.5, 0.6) is 0 Å². The van der Waals surface area contributed by atoms with Crippen molar-refractivity contribution in [2.45, 2.75) is 18.4 Å². The zero-order chi connectivity index (χ0) is 14.6. The predicted molar refractivity (Wildman–Crippen MR) is 91.7 cm³/mol. The second-order valence-electron chi connectivity index (χ2n) is 4.14. The molecule has 1 aromatic carbocycles. The number of benzene rings is 1. The van der Waals surface area contributed by atoms with Gasteiger partial charge in [0.2, 0.25) is 0 Å². The Morgan fingerprint density at radius 3 is 2.80 bits per heavy atom. The quantitative estimate of drug-likeness (QED) is 0.703. The van der Waals surface area contributed by atoms with Gasteiger partial charge in [-0.3, -0.25) is 4.72 Å². The van der Waals surface area contributed by atoms with E-state index in [4.69, 9.17) is 0 Å². The third-order valence-electron chi connectivity index (χ3n) is 2.57. The van der Waals surface area contributed by atoms with E-state index in [9.17, 15) is 8.42 Å². The molecule has 0 saturated heterocycles. The van der Waals surface area contributed by atoms with Gasteiger partial charge >= 0.3 is 0 Å². The predicted octanol–water partition coefficient (Wildman–Crippen LogP) is 3.26. The first-order valence-corrected chi connectivity index (χ1v) is 9.52. The monoisotopic (exact) mass is 422 g/mol. The van der Waals surface area contributed by atoms with Crippen LogP contribution in [0.2, 0.25) is 0 Å². The molecule has 1 aromatic heterocycles.